The van der Waals surface area contributed by atoms with Crippen molar-refractivity contribution in [3.05, 3.63) is 34.9 Å². The number of Topliss-reactive ketones (excluding diaryl/α,β-unsaturated/α-hetero) is 1. The third-order valence-corrected chi connectivity index (χ3v) is 3.12. The first-order valence-electron chi connectivity index (χ1n) is 5.25. The summed E-state index contributed by atoms with van der Waals surface area (Å²) in [4.78, 5) is 23.1. The van der Waals surface area contributed by atoms with Crippen LogP contribution in [0.5, 0.6) is 0 Å². The van der Waals surface area contributed by atoms with Crippen LogP contribution in [0.1, 0.15) is 13.8 Å². The van der Waals surface area contributed by atoms with Crippen molar-refractivity contribution in [2.45, 2.75) is 13.8 Å². The number of rotatable bonds is 1. The molecule has 2 bridgehead atoms. The van der Waals surface area contributed by atoms with Crippen LogP contribution in [0.15, 0.2) is 34.9 Å². The van der Waals surface area contributed by atoms with Crippen molar-refractivity contribution in [1.29, 1.82) is 0 Å². The number of hydrogen-bond donors (Lipinski definition) is 0. The molecule has 0 aromatic rings. The molecule has 16 heavy (non-hydrogen) atoms. The summed E-state index contributed by atoms with van der Waals surface area (Å²) >= 11 is 0. The maximum atomic E-state index is 12.0. The van der Waals surface area contributed by atoms with E-state index >= 15 is 0 Å². The average molecular weight is 218 g/mol. The van der Waals surface area contributed by atoms with E-state index in [4.69, 9.17) is 0 Å². The van der Waals surface area contributed by atoms with Crippen LogP contribution in [0.4, 0.5) is 0 Å². The highest BCUT2D eigenvalue weighted by Gasteiger charge is 2.44. The van der Waals surface area contributed by atoms with E-state index in [1.807, 2.05) is 26.0 Å². The summed E-state index contributed by atoms with van der Waals surface area (Å²) in [5.74, 6) is -0.584. The van der Waals surface area contributed by atoms with Crippen LogP contribution in [0.2, 0.25) is 0 Å². The molecule has 0 saturated heterocycles. The van der Waals surface area contributed by atoms with Gasteiger partial charge in [0.05, 0.1) is 13.0 Å². The van der Waals surface area contributed by atoms with Crippen molar-refractivity contribution in [1.82, 2.24) is 0 Å². The van der Waals surface area contributed by atoms with Crippen LogP contribution >= 0.6 is 0 Å². The third kappa shape index (κ3) is 1.43. The predicted molar refractivity (Wildman–Crippen MR) is 59.6 cm³/mol. The maximum Gasteiger partial charge on any atom is 0.330 e. The number of esters is 1. The van der Waals surface area contributed by atoms with Crippen molar-refractivity contribution in [3.63, 3.8) is 0 Å². The normalized spacial score (nSPS) is 29.1. The second kappa shape index (κ2) is 3.74. The number of carbonyl (C=O) groups excluding carboxylic acids is 2. The van der Waals surface area contributed by atoms with Gasteiger partial charge in [-0.1, -0.05) is 17.7 Å². The van der Waals surface area contributed by atoms with Crippen LogP contribution in [-0.2, 0) is 14.3 Å². The molecule has 0 radical (unpaired) electrons. The minimum Gasteiger partial charge on any atom is -0.466 e. The Morgan fingerprint density at radius 3 is 2.44 bits per heavy atom. The Morgan fingerprint density at radius 1 is 1.31 bits per heavy atom. The van der Waals surface area contributed by atoms with E-state index in [0.717, 1.165) is 11.1 Å². The molecule has 3 nitrogen and oxygen atoms in total. The smallest absolute Gasteiger partial charge is 0.330 e. The van der Waals surface area contributed by atoms with Crippen LogP contribution < -0.4 is 0 Å². The van der Waals surface area contributed by atoms with Crippen molar-refractivity contribution in [3.8, 4) is 0 Å². The molecule has 2 atom stereocenters. The van der Waals surface area contributed by atoms with E-state index in [-0.39, 0.29) is 17.6 Å². The maximum absolute atomic E-state index is 12.0. The first-order valence-corrected chi connectivity index (χ1v) is 5.25. The lowest BCUT2D eigenvalue weighted by Crippen LogP contribution is -2.10. The van der Waals surface area contributed by atoms with E-state index in [1.165, 1.54) is 13.2 Å². The van der Waals surface area contributed by atoms with Gasteiger partial charge in [-0.15, -0.1) is 0 Å². The number of fused-ring (bicyclic) bond motifs is 2. The SMILES string of the molecule is COC(=O)/C=C1/C(=O)[C@H]2C=C[C@@H]1C2=C(C)C. The molecule has 1 saturated carbocycles. The zero-order valence-electron chi connectivity index (χ0n) is 9.61. The first-order chi connectivity index (χ1) is 7.56. The average Bonchev–Trinajstić information content (AvgIpc) is 2.76. The summed E-state index contributed by atoms with van der Waals surface area (Å²) in [5, 5.41) is 0. The lowest BCUT2D eigenvalue weighted by Gasteiger charge is -2.06. The lowest BCUT2D eigenvalue weighted by atomic mass is 9.97. The fraction of sp³-hybridized carbons (Fsp3) is 0.385. The van der Waals surface area contributed by atoms with Gasteiger partial charge >= 0.3 is 5.97 Å². The third-order valence-electron chi connectivity index (χ3n) is 3.12. The molecule has 3 heteroatoms. The second-order valence-corrected chi connectivity index (χ2v) is 4.28. The van der Waals surface area contributed by atoms with Crippen molar-refractivity contribution >= 4 is 11.8 Å². The fourth-order valence-corrected chi connectivity index (χ4v) is 2.42. The highest BCUT2D eigenvalue weighted by atomic mass is 16.5. The molecule has 0 aromatic carbocycles. The molecule has 0 amide bonds. The van der Waals surface area contributed by atoms with Gasteiger partial charge in [-0.25, -0.2) is 4.79 Å². The van der Waals surface area contributed by atoms with Crippen molar-refractivity contribution in [2.75, 3.05) is 7.11 Å². The van der Waals surface area contributed by atoms with E-state index in [2.05, 4.69) is 4.74 Å². The Hall–Kier alpha value is -1.64. The molecule has 0 heterocycles. The van der Waals surface area contributed by atoms with Gasteiger partial charge < -0.3 is 4.74 Å². The van der Waals surface area contributed by atoms with E-state index in [1.54, 1.807) is 0 Å². The standard InChI is InChI=1S/C13H14O3/c1-7(2)12-8-4-5-9(12)13(15)10(8)6-11(14)16-3/h4-6,8-9H,1-3H3/b10-6+/t8-,9-/m0/s1. The van der Waals surface area contributed by atoms with E-state index in [0.29, 0.717) is 5.57 Å². The molecule has 84 valence electrons. The minimum absolute atomic E-state index is 0.0124. The zero-order valence-corrected chi connectivity index (χ0v) is 9.61. The zero-order chi connectivity index (χ0) is 11.9. The Labute approximate surface area is 94.5 Å². The van der Waals surface area contributed by atoms with E-state index in [9.17, 15) is 9.59 Å². The van der Waals surface area contributed by atoms with Gasteiger partial charge in [0, 0.05) is 17.6 Å². The fourth-order valence-electron chi connectivity index (χ4n) is 2.42. The Morgan fingerprint density at radius 2 is 1.94 bits per heavy atom. The summed E-state index contributed by atoms with van der Waals surface area (Å²) in [6.45, 7) is 3.99. The molecular formula is C13H14O3. The molecule has 1 fully saturated rings. The van der Waals surface area contributed by atoms with Gasteiger partial charge in [0.2, 0.25) is 0 Å². The summed E-state index contributed by atoms with van der Waals surface area (Å²) in [6, 6.07) is 0. The van der Waals surface area contributed by atoms with Crippen LogP contribution in [0.3, 0.4) is 0 Å². The number of ether oxygens (including phenoxy) is 1. The molecule has 0 N–H and O–H groups in total. The number of carbonyl (C=O) groups is 2. The number of allylic oxidation sites excluding steroid dienone is 5. The highest BCUT2D eigenvalue weighted by Crippen LogP contribution is 2.46. The Balaban J connectivity index is 2.44. The van der Waals surface area contributed by atoms with Crippen LogP contribution in [-0.4, -0.2) is 18.9 Å². The van der Waals surface area contributed by atoms with Gasteiger partial charge in [-0.05, 0) is 19.4 Å². The minimum atomic E-state index is -0.461. The molecule has 0 spiro atoms. The van der Waals surface area contributed by atoms with Gasteiger partial charge in [-0.2, -0.15) is 0 Å². The second-order valence-electron chi connectivity index (χ2n) is 4.28. The monoisotopic (exact) mass is 218 g/mol. The Bertz CT molecular complexity index is 448. The van der Waals surface area contributed by atoms with Crippen molar-refractivity contribution < 1.29 is 14.3 Å². The van der Waals surface area contributed by atoms with Gasteiger partial charge in [0.15, 0.2) is 5.78 Å². The van der Waals surface area contributed by atoms with Crippen LogP contribution in [0.25, 0.3) is 0 Å². The van der Waals surface area contributed by atoms with Gasteiger partial charge in [0.25, 0.3) is 0 Å². The summed E-state index contributed by atoms with van der Waals surface area (Å²) < 4.78 is 4.56. The summed E-state index contributed by atoms with van der Waals surface area (Å²) in [6.07, 6.45) is 5.23. The predicted octanol–water partition coefficient (Wildman–Crippen LogP) is 1.81. The quantitative estimate of drug-likeness (QED) is 0.383. The number of hydrogen-bond acceptors (Lipinski definition) is 3. The van der Waals surface area contributed by atoms with Crippen molar-refractivity contribution in [2.24, 2.45) is 11.8 Å². The van der Waals surface area contributed by atoms with Gasteiger partial charge in [-0.3, -0.25) is 4.79 Å². The highest BCUT2D eigenvalue weighted by molar-refractivity contribution is 6.09. The molecule has 2 aliphatic rings. The Kier molecular flexibility index (Phi) is 2.54. The molecule has 2 rings (SSSR count). The largest absolute Gasteiger partial charge is 0.466 e. The number of ketones is 1. The lowest BCUT2D eigenvalue weighted by molar-refractivity contribution is -0.135. The molecular weight excluding hydrogens is 204 g/mol. The first kappa shape index (κ1) is 10.9. The topological polar surface area (TPSA) is 43.4 Å². The number of methoxy groups -OCH3 is 1. The summed E-state index contributed by atoms with van der Waals surface area (Å²) in [5.41, 5.74) is 2.84. The molecule has 0 aromatic heterocycles. The molecule has 0 aliphatic heterocycles. The molecule has 0 unspecified atom stereocenters. The summed E-state index contributed by atoms with van der Waals surface area (Å²) in [7, 11) is 1.31. The molecule has 2 aliphatic carbocycles. The van der Waals surface area contributed by atoms with Crippen LogP contribution in [0, 0.1) is 11.8 Å². The van der Waals surface area contributed by atoms with Gasteiger partial charge in [0.1, 0.15) is 0 Å². The van der Waals surface area contributed by atoms with E-state index < -0.39 is 5.97 Å².